The third kappa shape index (κ3) is 4.19. The zero-order valence-corrected chi connectivity index (χ0v) is 17.5. The Bertz CT molecular complexity index is 1160. The topological polar surface area (TPSA) is 76.6 Å². The zero-order chi connectivity index (χ0) is 21.3. The van der Waals surface area contributed by atoms with Gasteiger partial charge >= 0.3 is 0 Å². The molecular weight excluding hydrogens is 420 g/mol. The van der Waals surface area contributed by atoms with E-state index < -0.39 is 4.92 Å². The van der Waals surface area contributed by atoms with Crippen molar-refractivity contribution in [3.05, 3.63) is 92.6 Å². The Labute approximate surface area is 182 Å². The lowest BCUT2D eigenvalue weighted by Gasteiger charge is -2.14. The summed E-state index contributed by atoms with van der Waals surface area (Å²) >= 11 is 6.64. The molecule has 150 valence electrons. The fourth-order valence-electron chi connectivity index (χ4n) is 2.97. The summed E-state index contributed by atoms with van der Waals surface area (Å²) in [6.07, 6.45) is 1.67. The number of nitro benzene ring substituents is 1. The van der Waals surface area contributed by atoms with Gasteiger partial charge in [0.1, 0.15) is 15.8 Å². The quantitative estimate of drug-likeness (QED) is 0.225. The lowest BCUT2D eigenvalue weighted by molar-refractivity contribution is -0.384. The number of hydrogen-bond acceptors (Lipinski definition) is 6. The maximum Gasteiger partial charge on any atom is 0.269 e. The van der Waals surface area contributed by atoms with E-state index in [1.54, 1.807) is 35.2 Å². The molecule has 1 aliphatic rings. The van der Waals surface area contributed by atoms with Gasteiger partial charge in [0.25, 0.3) is 11.6 Å². The number of thiocarbonyl (C=S) groups is 1. The van der Waals surface area contributed by atoms with Gasteiger partial charge in [-0.05, 0) is 36.8 Å². The molecule has 0 aliphatic carbocycles. The fourth-order valence-corrected chi connectivity index (χ4v) is 4.21. The van der Waals surface area contributed by atoms with Crippen molar-refractivity contribution in [3.8, 4) is 11.3 Å². The largest absolute Gasteiger partial charge is 0.457 e. The van der Waals surface area contributed by atoms with Crippen LogP contribution >= 0.6 is 24.0 Å². The summed E-state index contributed by atoms with van der Waals surface area (Å²) in [5, 5.41) is 10.8. The first-order valence-corrected chi connectivity index (χ1v) is 10.3. The van der Waals surface area contributed by atoms with Gasteiger partial charge in [-0.15, -0.1) is 0 Å². The molecular formula is C22H16N2O4S2. The highest BCUT2D eigenvalue weighted by molar-refractivity contribution is 8.26. The molecule has 1 amide bonds. The highest BCUT2D eigenvalue weighted by Gasteiger charge is 2.32. The van der Waals surface area contributed by atoms with Gasteiger partial charge in [0.05, 0.1) is 16.4 Å². The lowest BCUT2D eigenvalue weighted by Crippen LogP contribution is -2.27. The molecule has 0 N–H and O–H groups in total. The van der Waals surface area contributed by atoms with E-state index in [1.807, 2.05) is 31.2 Å². The van der Waals surface area contributed by atoms with Crippen LogP contribution in [-0.4, -0.2) is 20.1 Å². The number of thioether (sulfide) groups is 1. The number of carbonyl (C=O) groups excluding carboxylic acids is 1. The van der Waals surface area contributed by atoms with Crippen molar-refractivity contribution in [3.63, 3.8) is 0 Å². The van der Waals surface area contributed by atoms with Gasteiger partial charge in [-0.1, -0.05) is 53.8 Å². The first-order chi connectivity index (χ1) is 14.4. The van der Waals surface area contributed by atoms with Gasteiger partial charge < -0.3 is 4.42 Å². The minimum atomic E-state index is -0.448. The predicted octanol–water partition coefficient (Wildman–Crippen LogP) is 5.56. The second-order valence-electron chi connectivity index (χ2n) is 6.76. The summed E-state index contributed by atoms with van der Waals surface area (Å²) in [6, 6.07) is 17.6. The van der Waals surface area contributed by atoms with Crippen molar-refractivity contribution in [2.45, 2.75) is 13.5 Å². The van der Waals surface area contributed by atoms with Crippen LogP contribution in [0.15, 0.2) is 70.0 Å². The minimum absolute atomic E-state index is 0.0165. The molecule has 1 aliphatic heterocycles. The van der Waals surface area contributed by atoms with Crippen molar-refractivity contribution in [1.29, 1.82) is 0 Å². The molecule has 0 spiro atoms. The SMILES string of the molecule is Cc1ccc(CN2C(=O)/C(=C/c3ccc(-c4ccc([N+](=O)[O-])cc4)o3)SC2=S)cc1. The van der Waals surface area contributed by atoms with E-state index in [2.05, 4.69) is 0 Å². The maximum absolute atomic E-state index is 12.8. The predicted molar refractivity (Wildman–Crippen MR) is 121 cm³/mol. The average molecular weight is 437 g/mol. The summed E-state index contributed by atoms with van der Waals surface area (Å²) in [7, 11) is 0. The summed E-state index contributed by atoms with van der Waals surface area (Å²) in [5.41, 5.74) is 2.90. The van der Waals surface area contributed by atoms with E-state index in [4.69, 9.17) is 16.6 Å². The highest BCUT2D eigenvalue weighted by Crippen LogP contribution is 2.34. The van der Waals surface area contributed by atoms with Gasteiger partial charge in [-0.25, -0.2) is 0 Å². The second-order valence-corrected chi connectivity index (χ2v) is 8.44. The molecule has 2 aromatic carbocycles. The van der Waals surface area contributed by atoms with E-state index in [1.165, 1.54) is 23.9 Å². The number of rotatable bonds is 5. The molecule has 1 saturated heterocycles. The lowest BCUT2D eigenvalue weighted by atomic mass is 10.1. The molecule has 3 aromatic rings. The first-order valence-electron chi connectivity index (χ1n) is 9.06. The summed E-state index contributed by atoms with van der Waals surface area (Å²) in [5.74, 6) is 0.921. The number of non-ortho nitro benzene ring substituents is 1. The van der Waals surface area contributed by atoms with E-state index in [0.717, 1.165) is 11.1 Å². The molecule has 6 nitrogen and oxygen atoms in total. The number of furan rings is 1. The Morgan fingerprint density at radius 2 is 1.80 bits per heavy atom. The van der Waals surface area contributed by atoms with Crippen molar-refractivity contribution < 1.29 is 14.1 Å². The van der Waals surface area contributed by atoms with Crippen LogP contribution in [0.3, 0.4) is 0 Å². The van der Waals surface area contributed by atoms with Crippen LogP contribution in [0, 0.1) is 17.0 Å². The standard InChI is InChI=1S/C22H16N2O4S2/c1-14-2-4-15(5-3-14)13-23-21(25)20(30-22(23)29)12-18-10-11-19(28-18)16-6-8-17(9-7-16)24(26)27/h2-12H,13H2,1H3/b20-12-. The zero-order valence-electron chi connectivity index (χ0n) is 15.9. The van der Waals surface area contributed by atoms with Crippen molar-refractivity contribution >= 4 is 46.0 Å². The summed E-state index contributed by atoms with van der Waals surface area (Å²) in [6.45, 7) is 2.44. The minimum Gasteiger partial charge on any atom is -0.457 e. The van der Waals surface area contributed by atoms with Crippen molar-refractivity contribution in [2.24, 2.45) is 0 Å². The molecule has 1 fully saturated rings. The molecule has 2 heterocycles. The van der Waals surface area contributed by atoms with E-state index >= 15 is 0 Å². The van der Waals surface area contributed by atoms with E-state index in [0.29, 0.717) is 32.9 Å². The van der Waals surface area contributed by atoms with Gasteiger partial charge in [-0.2, -0.15) is 0 Å². The summed E-state index contributed by atoms with van der Waals surface area (Å²) < 4.78 is 6.32. The van der Waals surface area contributed by atoms with Gasteiger partial charge in [0, 0.05) is 23.8 Å². The smallest absolute Gasteiger partial charge is 0.269 e. The Morgan fingerprint density at radius 3 is 2.47 bits per heavy atom. The van der Waals surface area contributed by atoms with Crippen molar-refractivity contribution in [1.82, 2.24) is 4.90 Å². The molecule has 8 heteroatoms. The molecule has 30 heavy (non-hydrogen) atoms. The average Bonchev–Trinajstić information content (AvgIpc) is 3.30. The maximum atomic E-state index is 12.8. The van der Waals surface area contributed by atoms with Crippen LogP contribution < -0.4 is 0 Å². The third-order valence-electron chi connectivity index (χ3n) is 4.60. The number of nitrogens with zero attached hydrogens (tertiary/aromatic N) is 2. The summed E-state index contributed by atoms with van der Waals surface area (Å²) in [4.78, 5) is 25.2. The molecule has 0 atom stereocenters. The third-order valence-corrected chi connectivity index (χ3v) is 5.98. The van der Waals surface area contributed by atoms with Crippen LogP contribution in [0.1, 0.15) is 16.9 Å². The molecule has 4 rings (SSSR count). The van der Waals surface area contributed by atoms with Gasteiger partial charge in [0.15, 0.2) is 0 Å². The van der Waals surface area contributed by atoms with E-state index in [-0.39, 0.29) is 11.6 Å². The number of nitro groups is 1. The number of carbonyl (C=O) groups is 1. The molecule has 0 radical (unpaired) electrons. The number of aryl methyl sites for hydroxylation is 1. The Balaban J connectivity index is 1.51. The molecule has 0 bridgehead atoms. The molecule has 0 saturated carbocycles. The van der Waals surface area contributed by atoms with Crippen LogP contribution in [0.5, 0.6) is 0 Å². The highest BCUT2D eigenvalue weighted by atomic mass is 32.2. The van der Waals surface area contributed by atoms with Gasteiger partial charge in [-0.3, -0.25) is 19.8 Å². The van der Waals surface area contributed by atoms with Crippen LogP contribution in [0.4, 0.5) is 5.69 Å². The molecule has 0 unspecified atom stereocenters. The van der Waals surface area contributed by atoms with Crippen LogP contribution in [-0.2, 0) is 11.3 Å². The first kappa shape index (κ1) is 20.1. The Hall–Kier alpha value is -3.23. The van der Waals surface area contributed by atoms with Crippen LogP contribution in [0.2, 0.25) is 0 Å². The normalized spacial score (nSPS) is 15.2. The Morgan fingerprint density at radius 1 is 1.10 bits per heavy atom. The van der Waals surface area contributed by atoms with Crippen molar-refractivity contribution in [2.75, 3.05) is 0 Å². The second kappa shape index (κ2) is 8.25. The number of benzene rings is 2. The monoisotopic (exact) mass is 436 g/mol. The fraction of sp³-hybridized carbons (Fsp3) is 0.0909. The number of amides is 1. The Kier molecular flexibility index (Phi) is 5.52. The molecule has 1 aromatic heterocycles. The van der Waals surface area contributed by atoms with Crippen LogP contribution in [0.25, 0.3) is 17.4 Å². The van der Waals surface area contributed by atoms with Gasteiger partial charge in [0.2, 0.25) is 0 Å². The van der Waals surface area contributed by atoms with E-state index in [9.17, 15) is 14.9 Å². The number of hydrogen-bond donors (Lipinski definition) is 0.